The highest BCUT2D eigenvalue weighted by molar-refractivity contribution is 5.83. The minimum atomic E-state index is -1.28. The van der Waals surface area contributed by atoms with E-state index in [4.69, 9.17) is 24.7 Å². The number of rotatable bonds is 8. The lowest BCUT2D eigenvalue weighted by atomic mass is 10.1. The Kier molecular flexibility index (Phi) is 7.07. The minimum absolute atomic E-state index is 0.0368. The Morgan fingerprint density at radius 1 is 1.06 bits per heavy atom. The van der Waals surface area contributed by atoms with E-state index < -0.39 is 22.8 Å². The summed E-state index contributed by atoms with van der Waals surface area (Å²) in [7, 11) is 3.06. The zero-order valence-electron chi connectivity index (χ0n) is 20.9. The molecule has 0 atom stereocenters. The topological polar surface area (TPSA) is 124 Å². The molecule has 1 aliphatic rings. The molecule has 3 aromatic rings. The van der Waals surface area contributed by atoms with Crippen molar-refractivity contribution in [3.05, 3.63) is 62.8 Å². The van der Waals surface area contributed by atoms with E-state index in [9.17, 15) is 14.4 Å². The highest BCUT2D eigenvalue weighted by Crippen LogP contribution is 2.29. The predicted octanol–water partition coefficient (Wildman–Crippen LogP) is 2.22. The van der Waals surface area contributed by atoms with E-state index in [2.05, 4.69) is 0 Å². The maximum Gasteiger partial charge on any atom is 0.332 e. The Morgan fingerprint density at radius 2 is 1.75 bits per heavy atom. The monoisotopic (exact) mass is 497 g/mol. The number of aromatic nitrogens is 2. The second-order valence-electron chi connectivity index (χ2n) is 9.23. The number of ether oxygens (including phenoxy) is 4. The van der Waals surface area contributed by atoms with Crippen LogP contribution in [0, 0.1) is 0 Å². The van der Waals surface area contributed by atoms with Crippen LogP contribution < -0.4 is 31.2 Å². The standard InChI is InChI=1S/C26H31N3O7/c1-26(2,24(27)31)36-18-6-7-20-19(14-18)23(30)28(25(32)29(20)17-9-11-35-12-10-17)15-16-5-8-21(33-3)22(13-16)34-4/h5-8,13-14,17H,9-12,15H2,1-4H3,(H2,27,31). The highest BCUT2D eigenvalue weighted by Gasteiger charge is 2.28. The number of carbonyl (C=O) groups is 1. The van der Waals surface area contributed by atoms with E-state index in [0.29, 0.717) is 59.8 Å². The summed E-state index contributed by atoms with van der Waals surface area (Å²) >= 11 is 0. The lowest BCUT2D eigenvalue weighted by molar-refractivity contribution is -0.130. The van der Waals surface area contributed by atoms with Crippen LogP contribution in [0.2, 0.25) is 0 Å². The number of hydrogen-bond acceptors (Lipinski definition) is 7. The zero-order valence-corrected chi connectivity index (χ0v) is 20.9. The van der Waals surface area contributed by atoms with Gasteiger partial charge >= 0.3 is 5.69 Å². The normalized spacial score (nSPS) is 14.6. The van der Waals surface area contributed by atoms with Gasteiger partial charge in [0.05, 0.1) is 31.7 Å². The molecule has 1 amide bonds. The number of amides is 1. The third-order valence-electron chi connectivity index (χ3n) is 6.45. The van der Waals surface area contributed by atoms with Crippen LogP contribution in [0.5, 0.6) is 17.2 Å². The Labute approximate surface area is 208 Å². The van der Waals surface area contributed by atoms with Crippen LogP contribution in [0.1, 0.15) is 38.3 Å². The summed E-state index contributed by atoms with van der Waals surface area (Å²) in [5, 5.41) is 0.305. The molecule has 10 nitrogen and oxygen atoms in total. The van der Waals surface area contributed by atoms with Gasteiger partial charge < -0.3 is 24.7 Å². The maximum atomic E-state index is 13.7. The Hall–Kier alpha value is -3.79. The van der Waals surface area contributed by atoms with Gasteiger partial charge in [-0.25, -0.2) is 4.79 Å². The molecule has 0 bridgehead atoms. The van der Waals surface area contributed by atoms with Crippen molar-refractivity contribution < 1.29 is 23.7 Å². The molecule has 2 heterocycles. The molecule has 0 radical (unpaired) electrons. The molecule has 0 saturated carbocycles. The number of benzene rings is 2. The van der Waals surface area contributed by atoms with E-state index in [0.717, 1.165) is 0 Å². The first kappa shape index (κ1) is 25.3. The van der Waals surface area contributed by atoms with Gasteiger partial charge in [0, 0.05) is 19.3 Å². The van der Waals surface area contributed by atoms with Crippen LogP contribution in [-0.2, 0) is 16.1 Å². The number of hydrogen-bond donors (Lipinski definition) is 1. The van der Waals surface area contributed by atoms with E-state index in [-0.39, 0.29) is 12.6 Å². The van der Waals surface area contributed by atoms with Crippen molar-refractivity contribution in [1.29, 1.82) is 0 Å². The summed E-state index contributed by atoms with van der Waals surface area (Å²) in [6, 6.07) is 10.0. The van der Waals surface area contributed by atoms with E-state index in [1.165, 1.54) is 18.8 Å². The van der Waals surface area contributed by atoms with Gasteiger partial charge in [-0.3, -0.25) is 18.7 Å². The van der Waals surface area contributed by atoms with Gasteiger partial charge in [0.1, 0.15) is 5.75 Å². The van der Waals surface area contributed by atoms with E-state index in [1.54, 1.807) is 54.8 Å². The molecule has 1 fully saturated rings. The summed E-state index contributed by atoms with van der Waals surface area (Å²) in [5.74, 6) is 0.711. The average Bonchev–Trinajstić information content (AvgIpc) is 2.87. The second kappa shape index (κ2) is 10.1. The Morgan fingerprint density at radius 3 is 2.39 bits per heavy atom. The molecule has 10 heteroatoms. The first-order chi connectivity index (χ1) is 17.2. The van der Waals surface area contributed by atoms with Crippen LogP contribution in [-0.4, -0.2) is 48.1 Å². The third kappa shape index (κ3) is 4.81. The summed E-state index contributed by atoms with van der Waals surface area (Å²) in [6.45, 7) is 4.20. The number of nitrogens with two attached hydrogens (primary N) is 1. The van der Waals surface area contributed by atoms with E-state index in [1.807, 2.05) is 0 Å². The van der Waals surface area contributed by atoms with Gasteiger partial charge in [-0.1, -0.05) is 6.07 Å². The van der Waals surface area contributed by atoms with Crippen molar-refractivity contribution >= 4 is 16.8 Å². The molecule has 1 saturated heterocycles. The van der Waals surface area contributed by atoms with E-state index >= 15 is 0 Å². The smallest absolute Gasteiger partial charge is 0.332 e. The summed E-state index contributed by atoms with van der Waals surface area (Å²) < 4.78 is 24.8. The van der Waals surface area contributed by atoms with Crippen molar-refractivity contribution in [2.75, 3.05) is 27.4 Å². The molecule has 0 spiro atoms. The van der Waals surface area contributed by atoms with Gasteiger partial charge in [0.2, 0.25) is 0 Å². The van der Waals surface area contributed by atoms with Gasteiger partial charge in [-0.05, 0) is 62.6 Å². The van der Waals surface area contributed by atoms with Crippen molar-refractivity contribution in [1.82, 2.24) is 9.13 Å². The zero-order chi connectivity index (χ0) is 26.0. The van der Waals surface area contributed by atoms with Gasteiger partial charge in [0.15, 0.2) is 17.1 Å². The lowest BCUT2D eigenvalue weighted by Gasteiger charge is -2.27. The first-order valence-corrected chi connectivity index (χ1v) is 11.7. The predicted molar refractivity (Wildman–Crippen MR) is 134 cm³/mol. The van der Waals surface area contributed by atoms with Gasteiger partial charge in [-0.2, -0.15) is 0 Å². The van der Waals surface area contributed by atoms with Crippen LogP contribution >= 0.6 is 0 Å². The third-order valence-corrected chi connectivity index (χ3v) is 6.45. The minimum Gasteiger partial charge on any atom is -0.493 e. The quantitative estimate of drug-likeness (QED) is 0.506. The number of fused-ring (bicyclic) bond motifs is 1. The molecule has 2 N–H and O–H groups in total. The molecule has 4 rings (SSSR count). The molecule has 36 heavy (non-hydrogen) atoms. The van der Waals surface area contributed by atoms with Gasteiger partial charge in [0.25, 0.3) is 11.5 Å². The number of carbonyl (C=O) groups excluding carboxylic acids is 1. The molecule has 192 valence electrons. The maximum absolute atomic E-state index is 13.7. The molecule has 2 aromatic carbocycles. The SMILES string of the molecule is COc1ccc(Cn2c(=O)c3cc(OC(C)(C)C(N)=O)ccc3n(C3CCOCC3)c2=O)cc1OC. The molecular weight excluding hydrogens is 466 g/mol. The molecule has 0 unspecified atom stereocenters. The Bertz CT molecular complexity index is 1400. The number of methoxy groups -OCH3 is 2. The summed E-state index contributed by atoms with van der Waals surface area (Å²) in [6.07, 6.45) is 1.30. The fourth-order valence-electron chi connectivity index (χ4n) is 4.37. The summed E-state index contributed by atoms with van der Waals surface area (Å²) in [4.78, 5) is 39.1. The van der Waals surface area contributed by atoms with Crippen LogP contribution in [0.3, 0.4) is 0 Å². The fraction of sp³-hybridized carbons (Fsp3) is 0.423. The Balaban J connectivity index is 1.89. The fourth-order valence-corrected chi connectivity index (χ4v) is 4.37. The van der Waals surface area contributed by atoms with Gasteiger partial charge in [-0.15, -0.1) is 0 Å². The highest BCUT2D eigenvalue weighted by atomic mass is 16.5. The van der Waals surface area contributed by atoms with Crippen LogP contribution in [0.4, 0.5) is 0 Å². The van der Waals surface area contributed by atoms with Crippen molar-refractivity contribution in [2.45, 2.75) is 44.9 Å². The largest absolute Gasteiger partial charge is 0.493 e. The van der Waals surface area contributed by atoms with Crippen LogP contribution in [0.15, 0.2) is 46.0 Å². The average molecular weight is 498 g/mol. The molecule has 1 aromatic heterocycles. The molecule has 1 aliphatic heterocycles. The summed E-state index contributed by atoms with van der Waals surface area (Å²) in [5.41, 5.74) is 4.51. The number of primary amides is 1. The van der Waals surface area contributed by atoms with Crippen molar-refractivity contribution in [3.63, 3.8) is 0 Å². The van der Waals surface area contributed by atoms with Crippen LogP contribution in [0.25, 0.3) is 10.9 Å². The van der Waals surface area contributed by atoms with Crippen molar-refractivity contribution in [3.8, 4) is 17.2 Å². The van der Waals surface area contributed by atoms with Crippen molar-refractivity contribution in [2.24, 2.45) is 5.73 Å². The molecular formula is C26H31N3O7. The second-order valence-corrected chi connectivity index (χ2v) is 9.23. The lowest BCUT2D eigenvalue weighted by Crippen LogP contribution is -2.44. The molecule has 0 aliphatic carbocycles. The number of nitrogens with zero attached hydrogens (tertiary/aromatic N) is 2. The first-order valence-electron chi connectivity index (χ1n) is 11.7.